The number of aromatic nitrogens is 2. The molecule has 0 aromatic carbocycles. The Labute approximate surface area is 97.2 Å². The van der Waals surface area contributed by atoms with Gasteiger partial charge in [0.15, 0.2) is 0 Å². The molecule has 2 amide bonds. The molecule has 1 unspecified atom stereocenters. The molecule has 1 aromatic heterocycles. The Morgan fingerprint density at radius 1 is 1.38 bits per heavy atom. The molecule has 1 N–H and O–H groups in total. The zero-order chi connectivity index (χ0) is 11.5. The van der Waals surface area contributed by atoms with Gasteiger partial charge in [-0.25, -0.2) is 0 Å². The van der Waals surface area contributed by atoms with Crippen LogP contribution in [0.4, 0.5) is 0 Å². The number of imide groups is 1. The first kappa shape index (κ1) is 11.0. The third-order valence-corrected chi connectivity index (χ3v) is 2.73. The number of nitrogens with one attached hydrogen (secondary N) is 1. The Morgan fingerprint density at radius 2 is 2.19 bits per heavy atom. The highest BCUT2D eigenvalue weighted by Crippen LogP contribution is 2.22. The second-order valence-electron chi connectivity index (χ2n) is 3.57. The molecule has 5 nitrogen and oxygen atoms in total. The summed E-state index contributed by atoms with van der Waals surface area (Å²) >= 11 is 5.59. The molecule has 16 heavy (non-hydrogen) atoms. The van der Waals surface area contributed by atoms with Gasteiger partial charge in [0, 0.05) is 18.8 Å². The van der Waals surface area contributed by atoms with Gasteiger partial charge in [0.05, 0.1) is 23.2 Å². The minimum Gasteiger partial charge on any atom is -0.296 e. The van der Waals surface area contributed by atoms with E-state index in [4.69, 9.17) is 11.6 Å². The zero-order valence-electron chi connectivity index (χ0n) is 8.44. The second kappa shape index (κ2) is 4.57. The van der Waals surface area contributed by atoms with Crippen LogP contribution in [0.15, 0.2) is 12.4 Å². The summed E-state index contributed by atoms with van der Waals surface area (Å²) in [4.78, 5) is 30.7. The van der Waals surface area contributed by atoms with E-state index in [2.05, 4.69) is 15.3 Å². The molecule has 84 valence electrons. The quantitative estimate of drug-likeness (QED) is 0.610. The Morgan fingerprint density at radius 3 is 2.75 bits per heavy atom. The zero-order valence-corrected chi connectivity index (χ0v) is 9.20. The lowest BCUT2D eigenvalue weighted by Gasteiger charge is -2.19. The maximum atomic E-state index is 11.5. The summed E-state index contributed by atoms with van der Waals surface area (Å²) in [6.45, 7) is 0. The van der Waals surface area contributed by atoms with Gasteiger partial charge in [0.2, 0.25) is 11.8 Å². The van der Waals surface area contributed by atoms with Crippen molar-refractivity contribution in [3.8, 4) is 0 Å². The summed E-state index contributed by atoms with van der Waals surface area (Å²) in [6, 6.07) is 0. The molecule has 0 aliphatic carbocycles. The Kier molecular flexibility index (Phi) is 3.14. The van der Waals surface area contributed by atoms with Crippen molar-refractivity contribution in [2.75, 3.05) is 0 Å². The number of nitrogens with zero attached hydrogens (tertiary/aromatic N) is 2. The largest absolute Gasteiger partial charge is 0.296 e. The van der Waals surface area contributed by atoms with Crippen LogP contribution in [0.5, 0.6) is 0 Å². The van der Waals surface area contributed by atoms with Crippen LogP contribution in [0.1, 0.15) is 30.1 Å². The number of carbonyl (C=O) groups is 2. The fourth-order valence-corrected chi connectivity index (χ4v) is 1.73. The van der Waals surface area contributed by atoms with Gasteiger partial charge in [0.1, 0.15) is 0 Å². The van der Waals surface area contributed by atoms with Gasteiger partial charge in [0.25, 0.3) is 0 Å². The molecule has 1 aliphatic rings. The molecule has 1 aromatic rings. The van der Waals surface area contributed by atoms with Gasteiger partial charge in [-0.05, 0) is 6.42 Å². The molecule has 0 saturated carbocycles. The van der Waals surface area contributed by atoms with Crippen LogP contribution >= 0.6 is 11.6 Å². The molecule has 1 aliphatic heterocycles. The van der Waals surface area contributed by atoms with Gasteiger partial charge in [-0.15, -0.1) is 11.6 Å². The Bertz CT molecular complexity index is 419. The number of rotatable bonds is 2. The lowest BCUT2D eigenvalue weighted by molar-refractivity contribution is -0.134. The van der Waals surface area contributed by atoms with E-state index in [0.29, 0.717) is 30.1 Å². The summed E-state index contributed by atoms with van der Waals surface area (Å²) < 4.78 is 0. The van der Waals surface area contributed by atoms with E-state index in [0.717, 1.165) is 0 Å². The number of carbonyl (C=O) groups excluding carboxylic acids is 2. The number of hydrogen-bond acceptors (Lipinski definition) is 4. The van der Waals surface area contributed by atoms with Crippen LogP contribution in [0.25, 0.3) is 0 Å². The third kappa shape index (κ3) is 2.19. The highest BCUT2D eigenvalue weighted by atomic mass is 35.5. The highest BCUT2D eigenvalue weighted by Gasteiger charge is 2.28. The molecule has 2 heterocycles. The van der Waals surface area contributed by atoms with E-state index in [1.807, 2.05) is 0 Å². The first-order chi connectivity index (χ1) is 7.70. The lowest BCUT2D eigenvalue weighted by Crippen LogP contribution is -2.39. The van der Waals surface area contributed by atoms with Gasteiger partial charge < -0.3 is 0 Å². The second-order valence-corrected chi connectivity index (χ2v) is 3.84. The standard InChI is InChI=1S/C10H10ClN3O2/c11-3-6-4-13-8(5-12-6)7-1-2-9(15)14-10(7)16/h4-5,7H,1-3H2,(H,14,15,16). The highest BCUT2D eigenvalue weighted by molar-refractivity contribution is 6.16. The molecule has 0 bridgehead atoms. The maximum Gasteiger partial charge on any atom is 0.235 e. The predicted octanol–water partition coefficient (Wildman–Crippen LogP) is 0.736. The van der Waals surface area contributed by atoms with Crippen molar-refractivity contribution in [1.29, 1.82) is 0 Å². The number of halogens is 1. The minimum atomic E-state index is -0.380. The number of alkyl halides is 1. The summed E-state index contributed by atoms with van der Waals surface area (Å²) in [5, 5.41) is 2.28. The fraction of sp³-hybridized carbons (Fsp3) is 0.400. The van der Waals surface area contributed by atoms with Crippen LogP contribution in [0.3, 0.4) is 0 Å². The van der Waals surface area contributed by atoms with Crippen LogP contribution in [-0.4, -0.2) is 21.8 Å². The van der Waals surface area contributed by atoms with Gasteiger partial charge in [-0.3, -0.25) is 24.9 Å². The SMILES string of the molecule is O=C1CCC(c2cnc(CCl)cn2)C(=O)N1. The average molecular weight is 240 g/mol. The van der Waals surface area contributed by atoms with E-state index in [9.17, 15) is 9.59 Å². The molecule has 0 spiro atoms. The van der Waals surface area contributed by atoms with E-state index < -0.39 is 0 Å². The first-order valence-electron chi connectivity index (χ1n) is 4.91. The Balaban J connectivity index is 2.17. The fourth-order valence-electron chi connectivity index (χ4n) is 1.59. The molecule has 1 saturated heterocycles. The molecular weight excluding hydrogens is 230 g/mol. The minimum absolute atomic E-state index is 0.230. The molecular formula is C10H10ClN3O2. The van der Waals surface area contributed by atoms with E-state index in [1.165, 1.54) is 6.20 Å². The van der Waals surface area contributed by atoms with Crippen LogP contribution in [0, 0.1) is 0 Å². The molecule has 6 heteroatoms. The normalized spacial score (nSPS) is 20.7. The topological polar surface area (TPSA) is 72.0 Å². The van der Waals surface area contributed by atoms with Crippen molar-refractivity contribution >= 4 is 23.4 Å². The third-order valence-electron chi connectivity index (χ3n) is 2.46. The summed E-state index contributed by atoms with van der Waals surface area (Å²) in [6.07, 6.45) is 3.92. The van der Waals surface area contributed by atoms with Crippen molar-refractivity contribution in [3.63, 3.8) is 0 Å². The van der Waals surface area contributed by atoms with Crippen molar-refractivity contribution in [2.24, 2.45) is 0 Å². The van der Waals surface area contributed by atoms with Crippen molar-refractivity contribution in [2.45, 2.75) is 24.6 Å². The number of piperidine rings is 1. The van der Waals surface area contributed by atoms with E-state index >= 15 is 0 Å². The first-order valence-corrected chi connectivity index (χ1v) is 5.44. The van der Waals surface area contributed by atoms with Gasteiger partial charge in [-0.2, -0.15) is 0 Å². The van der Waals surface area contributed by atoms with Crippen LogP contribution in [0.2, 0.25) is 0 Å². The maximum absolute atomic E-state index is 11.5. The summed E-state index contributed by atoms with van der Waals surface area (Å²) in [7, 11) is 0. The van der Waals surface area contributed by atoms with Gasteiger partial charge in [-0.1, -0.05) is 0 Å². The van der Waals surface area contributed by atoms with Crippen molar-refractivity contribution < 1.29 is 9.59 Å². The Hall–Kier alpha value is -1.49. The van der Waals surface area contributed by atoms with Crippen molar-refractivity contribution in [3.05, 3.63) is 23.8 Å². The molecule has 1 fully saturated rings. The smallest absolute Gasteiger partial charge is 0.235 e. The lowest BCUT2D eigenvalue weighted by atomic mass is 9.95. The van der Waals surface area contributed by atoms with E-state index in [1.54, 1.807) is 6.20 Å². The monoisotopic (exact) mass is 239 g/mol. The van der Waals surface area contributed by atoms with Gasteiger partial charge >= 0.3 is 0 Å². The predicted molar refractivity (Wildman–Crippen MR) is 56.7 cm³/mol. The molecule has 0 radical (unpaired) electrons. The summed E-state index contributed by atoms with van der Waals surface area (Å²) in [5.41, 5.74) is 1.25. The average Bonchev–Trinajstić information content (AvgIpc) is 2.29. The number of hydrogen-bond donors (Lipinski definition) is 1. The number of amides is 2. The van der Waals surface area contributed by atoms with Crippen LogP contribution in [-0.2, 0) is 15.5 Å². The van der Waals surface area contributed by atoms with Crippen molar-refractivity contribution in [1.82, 2.24) is 15.3 Å². The van der Waals surface area contributed by atoms with Crippen LogP contribution < -0.4 is 5.32 Å². The molecule has 2 rings (SSSR count). The molecule has 1 atom stereocenters. The summed E-state index contributed by atoms with van der Waals surface area (Å²) in [5.74, 6) is -0.617. The van der Waals surface area contributed by atoms with E-state index in [-0.39, 0.29) is 17.7 Å².